The maximum absolute atomic E-state index is 12.2. The molecule has 1 aliphatic heterocycles. The standard InChI is InChI=1S/C19H29N3O3/c1-3-4-10-20-19(24)9-11-22(16(2)23)18-8-6-5-7-17(18)21-12-14-25-15-13-21/h5-8H,3-4,9-15H2,1-2H3,(H,20,24). The van der Waals surface area contributed by atoms with E-state index in [1.165, 1.54) is 0 Å². The molecule has 0 aliphatic carbocycles. The normalized spacial score (nSPS) is 14.2. The number of benzene rings is 1. The monoisotopic (exact) mass is 347 g/mol. The highest BCUT2D eigenvalue weighted by atomic mass is 16.5. The van der Waals surface area contributed by atoms with E-state index in [-0.39, 0.29) is 11.8 Å². The van der Waals surface area contributed by atoms with Crippen molar-refractivity contribution in [3.63, 3.8) is 0 Å². The van der Waals surface area contributed by atoms with Crippen molar-refractivity contribution in [1.29, 1.82) is 0 Å². The summed E-state index contributed by atoms with van der Waals surface area (Å²) in [5.74, 6) is -0.0642. The van der Waals surface area contributed by atoms with Crippen molar-refractivity contribution in [3.05, 3.63) is 24.3 Å². The number of rotatable bonds is 8. The van der Waals surface area contributed by atoms with Crippen LogP contribution in [0.25, 0.3) is 0 Å². The molecule has 25 heavy (non-hydrogen) atoms. The summed E-state index contributed by atoms with van der Waals surface area (Å²) in [5.41, 5.74) is 1.88. The summed E-state index contributed by atoms with van der Waals surface area (Å²) in [6, 6.07) is 7.87. The zero-order valence-electron chi connectivity index (χ0n) is 15.3. The first-order valence-electron chi connectivity index (χ1n) is 9.10. The second kappa shape index (κ2) is 10.0. The van der Waals surface area contributed by atoms with Crippen LogP contribution in [0, 0.1) is 0 Å². The number of morpholine rings is 1. The number of anilines is 2. The van der Waals surface area contributed by atoms with Crippen molar-refractivity contribution in [2.45, 2.75) is 33.1 Å². The average Bonchev–Trinajstić information content (AvgIpc) is 2.63. The predicted octanol–water partition coefficient (Wildman–Crippen LogP) is 2.18. The van der Waals surface area contributed by atoms with Gasteiger partial charge in [-0.2, -0.15) is 0 Å². The fraction of sp³-hybridized carbons (Fsp3) is 0.579. The number of nitrogens with zero attached hydrogens (tertiary/aromatic N) is 2. The van der Waals surface area contributed by atoms with Crippen LogP contribution in [0.3, 0.4) is 0 Å². The molecule has 0 saturated carbocycles. The van der Waals surface area contributed by atoms with Gasteiger partial charge in [0.15, 0.2) is 0 Å². The lowest BCUT2D eigenvalue weighted by Crippen LogP contribution is -2.39. The van der Waals surface area contributed by atoms with Crippen molar-refractivity contribution < 1.29 is 14.3 Å². The van der Waals surface area contributed by atoms with E-state index in [1.54, 1.807) is 11.8 Å². The number of para-hydroxylation sites is 2. The minimum absolute atomic E-state index is 0.0106. The first-order valence-corrected chi connectivity index (χ1v) is 9.10. The summed E-state index contributed by atoms with van der Waals surface area (Å²) in [4.78, 5) is 28.1. The van der Waals surface area contributed by atoms with Gasteiger partial charge >= 0.3 is 0 Å². The van der Waals surface area contributed by atoms with Crippen LogP contribution in [0.15, 0.2) is 24.3 Å². The molecule has 1 aromatic carbocycles. The molecule has 1 aliphatic rings. The Bertz CT molecular complexity index is 571. The van der Waals surface area contributed by atoms with Gasteiger partial charge in [-0.1, -0.05) is 25.5 Å². The molecule has 0 radical (unpaired) electrons. The summed E-state index contributed by atoms with van der Waals surface area (Å²) in [7, 11) is 0. The highest BCUT2D eigenvalue weighted by Crippen LogP contribution is 2.30. The van der Waals surface area contributed by atoms with Crippen LogP contribution < -0.4 is 15.1 Å². The van der Waals surface area contributed by atoms with E-state index >= 15 is 0 Å². The van der Waals surface area contributed by atoms with E-state index < -0.39 is 0 Å². The summed E-state index contributed by atoms with van der Waals surface area (Å²) in [6.07, 6.45) is 2.33. The Balaban J connectivity index is 2.06. The first kappa shape index (κ1) is 19.2. The number of carbonyl (C=O) groups excluding carboxylic acids is 2. The lowest BCUT2D eigenvalue weighted by molar-refractivity contribution is -0.121. The van der Waals surface area contributed by atoms with Crippen molar-refractivity contribution >= 4 is 23.2 Å². The molecule has 1 fully saturated rings. The quantitative estimate of drug-likeness (QED) is 0.732. The lowest BCUT2D eigenvalue weighted by atomic mass is 10.2. The minimum Gasteiger partial charge on any atom is -0.378 e. The third-order valence-electron chi connectivity index (χ3n) is 4.32. The molecule has 0 unspecified atom stereocenters. The van der Waals surface area contributed by atoms with Crippen molar-refractivity contribution in [2.24, 2.45) is 0 Å². The van der Waals surface area contributed by atoms with E-state index in [0.717, 1.165) is 37.3 Å². The van der Waals surface area contributed by atoms with Gasteiger partial charge in [-0.05, 0) is 18.6 Å². The molecule has 1 saturated heterocycles. The summed E-state index contributed by atoms with van der Waals surface area (Å²) < 4.78 is 5.42. The van der Waals surface area contributed by atoms with Crippen LogP contribution in [0.1, 0.15) is 33.1 Å². The molecule has 0 spiro atoms. The number of carbonyl (C=O) groups is 2. The molecular formula is C19H29N3O3. The highest BCUT2D eigenvalue weighted by Gasteiger charge is 2.20. The average molecular weight is 347 g/mol. The fourth-order valence-corrected chi connectivity index (χ4v) is 2.92. The van der Waals surface area contributed by atoms with Gasteiger partial charge in [-0.3, -0.25) is 9.59 Å². The molecule has 1 N–H and O–H groups in total. The third-order valence-corrected chi connectivity index (χ3v) is 4.32. The fourth-order valence-electron chi connectivity index (χ4n) is 2.92. The van der Waals surface area contributed by atoms with Crippen LogP contribution in [-0.2, 0) is 14.3 Å². The smallest absolute Gasteiger partial charge is 0.223 e. The maximum Gasteiger partial charge on any atom is 0.223 e. The van der Waals surface area contributed by atoms with Gasteiger partial charge < -0.3 is 19.9 Å². The van der Waals surface area contributed by atoms with Gasteiger partial charge in [0, 0.05) is 39.5 Å². The minimum atomic E-state index is -0.0536. The number of hydrogen-bond acceptors (Lipinski definition) is 4. The topological polar surface area (TPSA) is 61.9 Å². The number of hydrogen-bond donors (Lipinski definition) is 1. The zero-order valence-corrected chi connectivity index (χ0v) is 15.3. The molecule has 0 bridgehead atoms. The summed E-state index contributed by atoms with van der Waals surface area (Å²) in [6.45, 7) is 7.70. The Kier molecular flexibility index (Phi) is 7.73. The van der Waals surface area contributed by atoms with Crippen molar-refractivity contribution in [2.75, 3.05) is 49.2 Å². The molecule has 2 rings (SSSR count). The molecule has 0 atom stereocenters. The van der Waals surface area contributed by atoms with Crippen LogP contribution in [0.5, 0.6) is 0 Å². The Hall–Kier alpha value is -2.08. The summed E-state index contributed by atoms with van der Waals surface area (Å²) >= 11 is 0. The van der Waals surface area contributed by atoms with E-state index in [0.29, 0.717) is 32.7 Å². The molecule has 0 aromatic heterocycles. The van der Waals surface area contributed by atoms with E-state index in [9.17, 15) is 9.59 Å². The van der Waals surface area contributed by atoms with Crippen LogP contribution in [0.2, 0.25) is 0 Å². The van der Waals surface area contributed by atoms with E-state index in [1.807, 2.05) is 24.3 Å². The molecule has 1 aromatic rings. The van der Waals surface area contributed by atoms with Gasteiger partial charge in [0.05, 0.1) is 24.6 Å². The maximum atomic E-state index is 12.2. The number of ether oxygens (including phenoxy) is 1. The van der Waals surface area contributed by atoms with E-state index in [2.05, 4.69) is 17.1 Å². The largest absolute Gasteiger partial charge is 0.378 e. The van der Waals surface area contributed by atoms with Gasteiger partial charge in [0.2, 0.25) is 11.8 Å². The Morgan fingerprint density at radius 3 is 2.64 bits per heavy atom. The first-order chi connectivity index (χ1) is 12.1. The van der Waals surface area contributed by atoms with Crippen molar-refractivity contribution in [3.8, 4) is 0 Å². The summed E-state index contributed by atoms with van der Waals surface area (Å²) in [5, 5.41) is 2.90. The SMILES string of the molecule is CCCCNC(=O)CCN(C(C)=O)c1ccccc1N1CCOCC1. The molecule has 1 heterocycles. The molecular weight excluding hydrogens is 318 g/mol. The van der Waals surface area contributed by atoms with Crippen molar-refractivity contribution in [1.82, 2.24) is 5.32 Å². The second-order valence-electron chi connectivity index (χ2n) is 6.21. The van der Waals surface area contributed by atoms with Crippen LogP contribution >= 0.6 is 0 Å². The predicted molar refractivity (Wildman–Crippen MR) is 100 cm³/mol. The number of nitrogens with one attached hydrogen (secondary N) is 1. The van der Waals surface area contributed by atoms with Crippen LogP contribution in [-0.4, -0.2) is 51.2 Å². The van der Waals surface area contributed by atoms with Gasteiger partial charge in [-0.15, -0.1) is 0 Å². The molecule has 6 nitrogen and oxygen atoms in total. The third kappa shape index (κ3) is 5.74. The Labute approximate surface area is 150 Å². The van der Waals surface area contributed by atoms with Crippen LogP contribution in [0.4, 0.5) is 11.4 Å². The highest BCUT2D eigenvalue weighted by molar-refractivity contribution is 5.96. The molecule has 2 amide bonds. The van der Waals surface area contributed by atoms with Gasteiger partial charge in [-0.25, -0.2) is 0 Å². The zero-order chi connectivity index (χ0) is 18.1. The lowest BCUT2D eigenvalue weighted by Gasteiger charge is -2.33. The van der Waals surface area contributed by atoms with Gasteiger partial charge in [0.1, 0.15) is 0 Å². The Morgan fingerprint density at radius 2 is 1.96 bits per heavy atom. The second-order valence-corrected chi connectivity index (χ2v) is 6.21. The number of amides is 2. The Morgan fingerprint density at radius 1 is 1.24 bits per heavy atom. The number of unbranched alkanes of at least 4 members (excludes halogenated alkanes) is 1. The van der Waals surface area contributed by atoms with Gasteiger partial charge in [0.25, 0.3) is 0 Å². The van der Waals surface area contributed by atoms with E-state index in [4.69, 9.17) is 4.74 Å². The molecule has 138 valence electrons. The molecule has 6 heteroatoms.